The molecule has 0 radical (unpaired) electrons. The molecule has 0 aliphatic carbocycles. The summed E-state index contributed by atoms with van der Waals surface area (Å²) in [5.41, 5.74) is 1.87. The highest BCUT2D eigenvalue weighted by Crippen LogP contribution is 2.27. The first-order valence-corrected chi connectivity index (χ1v) is 6.78. The van der Waals surface area contributed by atoms with E-state index in [0.29, 0.717) is 36.2 Å². The number of halogens is 2. The first kappa shape index (κ1) is 14.1. The van der Waals surface area contributed by atoms with Gasteiger partial charge in [0.05, 0.1) is 18.8 Å². The summed E-state index contributed by atoms with van der Waals surface area (Å²) in [5.74, 6) is 0. The maximum absolute atomic E-state index is 9.82. The fourth-order valence-electron chi connectivity index (χ4n) is 2.02. The van der Waals surface area contributed by atoms with Crippen molar-refractivity contribution in [3.63, 3.8) is 0 Å². The Morgan fingerprint density at radius 2 is 2.22 bits per heavy atom. The van der Waals surface area contributed by atoms with Crippen LogP contribution < -0.4 is 5.32 Å². The molecule has 0 unspecified atom stereocenters. The Morgan fingerprint density at radius 3 is 2.94 bits per heavy atom. The van der Waals surface area contributed by atoms with Gasteiger partial charge in [0.25, 0.3) is 0 Å². The van der Waals surface area contributed by atoms with Gasteiger partial charge in [-0.25, -0.2) is 0 Å². The number of nitrogens with one attached hydrogen (secondary N) is 1. The van der Waals surface area contributed by atoms with Gasteiger partial charge in [0.15, 0.2) is 0 Å². The summed E-state index contributed by atoms with van der Waals surface area (Å²) in [4.78, 5) is 0. The molecule has 1 aliphatic rings. The topological polar surface area (TPSA) is 41.5 Å². The molecule has 1 aliphatic heterocycles. The van der Waals surface area contributed by atoms with E-state index in [2.05, 4.69) is 5.32 Å². The van der Waals surface area contributed by atoms with E-state index in [0.717, 1.165) is 11.1 Å². The lowest BCUT2D eigenvalue weighted by Gasteiger charge is -2.28. The lowest BCUT2D eigenvalue weighted by Crippen LogP contribution is -2.46. The number of hydrogen-bond donors (Lipinski definition) is 2. The second kappa shape index (κ2) is 6.22. The third kappa shape index (κ3) is 3.16. The molecule has 1 aromatic rings. The van der Waals surface area contributed by atoms with Crippen LogP contribution in [0.2, 0.25) is 10.0 Å². The zero-order valence-electron chi connectivity index (χ0n) is 10.2. The summed E-state index contributed by atoms with van der Waals surface area (Å²) in [6, 6.07) is 3.71. The van der Waals surface area contributed by atoms with Crippen molar-refractivity contribution in [3.8, 4) is 0 Å². The van der Waals surface area contributed by atoms with Gasteiger partial charge in [-0.1, -0.05) is 29.3 Å². The first-order valence-electron chi connectivity index (χ1n) is 6.02. The van der Waals surface area contributed by atoms with Gasteiger partial charge in [0.1, 0.15) is 0 Å². The predicted octanol–water partition coefficient (Wildman–Crippen LogP) is 2.54. The zero-order valence-corrected chi connectivity index (χ0v) is 11.8. The van der Waals surface area contributed by atoms with E-state index in [-0.39, 0.29) is 12.1 Å². The molecule has 2 N–H and O–H groups in total. The second-order valence-electron chi connectivity index (χ2n) is 4.56. The molecule has 3 nitrogen and oxygen atoms in total. The Kier molecular flexibility index (Phi) is 4.87. The smallest absolute Gasteiger partial charge is 0.0737 e. The van der Waals surface area contributed by atoms with Gasteiger partial charge >= 0.3 is 0 Å². The monoisotopic (exact) mass is 289 g/mol. The van der Waals surface area contributed by atoms with Crippen molar-refractivity contribution in [3.05, 3.63) is 33.3 Å². The van der Waals surface area contributed by atoms with Gasteiger partial charge < -0.3 is 15.2 Å². The highest BCUT2D eigenvalue weighted by Gasteiger charge is 2.23. The van der Waals surface area contributed by atoms with E-state index in [4.69, 9.17) is 27.9 Å². The van der Waals surface area contributed by atoms with E-state index in [9.17, 15) is 5.11 Å². The van der Waals surface area contributed by atoms with Crippen molar-refractivity contribution < 1.29 is 9.84 Å². The molecule has 0 amide bonds. The molecule has 0 saturated carbocycles. The van der Waals surface area contributed by atoms with Crippen molar-refractivity contribution >= 4 is 23.2 Å². The highest BCUT2D eigenvalue weighted by atomic mass is 35.5. The molecule has 2 atom stereocenters. The quantitative estimate of drug-likeness (QED) is 0.899. The molecule has 0 spiro atoms. The number of aliphatic hydroxyl groups is 1. The van der Waals surface area contributed by atoms with Crippen LogP contribution in [0.3, 0.4) is 0 Å². The van der Waals surface area contributed by atoms with Crippen LogP contribution in [0.4, 0.5) is 0 Å². The van der Waals surface area contributed by atoms with Crippen LogP contribution >= 0.6 is 23.2 Å². The van der Waals surface area contributed by atoms with Crippen LogP contribution in [-0.4, -0.2) is 30.5 Å². The average Bonchev–Trinajstić information content (AvgIpc) is 2.37. The Labute approximate surface area is 117 Å². The van der Waals surface area contributed by atoms with Crippen molar-refractivity contribution in [2.45, 2.75) is 32.0 Å². The van der Waals surface area contributed by atoms with Crippen molar-refractivity contribution in [2.24, 2.45) is 0 Å². The molecule has 100 valence electrons. The Bertz CT molecular complexity index is 426. The van der Waals surface area contributed by atoms with Gasteiger partial charge in [0, 0.05) is 23.2 Å². The van der Waals surface area contributed by atoms with Crippen LogP contribution in [0.15, 0.2) is 12.1 Å². The van der Waals surface area contributed by atoms with Crippen LogP contribution in [-0.2, 0) is 11.3 Å². The normalized spacial score (nSPS) is 24.2. The van der Waals surface area contributed by atoms with E-state index < -0.39 is 0 Å². The first-order chi connectivity index (χ1) is 8.59. The van der Waals surface area contributed by atoms with E-state index in [1.807, 2.05) is 19.1 Å². The minimum absolute atomic E-state index is 0.0363. The molecule has 0 bridgehead atoms. The van der Waals surface area contributed by atoms with Gasteiger partial charge in [-0.15, -0.1) is 0 Å². The third-order valence-electron chi connectivity index (χ3n) is 3.27. The maximum Gasteiger partial charge on any atom is 0.0737 e. The Balaban J connectivity index is 1.99. The molecule has 18 heavy (non-hydrogen) atoms. The highest BCUT2D eigenvalue weighted by molar-refractivity contribution is 6.36. The SMILES string of the molecule is Cc1c(Cl)ccc(CN[C@@H]2COCC[C@H]2O)c1Cl. The van der Waals surface area contributed by atoms with Crippen molar-refractivity contribution in [1.29, 1.82) is 0 Å². The molecule has 1 saturated heterocycles. The van der Waals surface area contributed by atoms with Gasteiger partial charge in [-0.3, -0.25) is 0 Å². The van der Waals surface area contributed by atoms with Crippen LogP contribution in [0.1, 0.15) is 17.5 Å². The lowest BCUT2D eigenvalue weighted by atomic mass is 10.1. The summed E-state index contributed by atoms with van der Waals surface area (Å²) < 4.78 is 5.34. The summed E-state index contributed by atoms with van der Waals surface area (Å²) in [7, 11) is 0. The van der Waals surface area contributed by atoms with Crippen LogP contribution in [0, 0.1) is 6.92 Å². The fraction of sp³-hybridized carbons (Fsp3) is 0.538. The third-order valence-corrected chi connectivity index (χ3v) is 4.21. The predicted molar refractivity (Wildman–Crippen MR) is 73.3 cm³/mol. The molecular weight excluding hydrogens is 273 g/mol. The molecule has 5 heteroatoms. The molecule has 1 aromatic carbocycles. The number of ether oxygens (including phenoxy) is 1. The molecular formula is C13H17Cl2NO2. The zero-order chi connectivity index (χ0) is 13.1. The summed E-state index contributed by atoms with van der Waals surface area (Å²) in [5, 5.41) is 14.4. The van der Waals surface area contributed by atoms with Gasteiger partial charge in [-0.05, 0) is 30.5 Å². The second-order valence-corrected chi connectivity index (χ2v) is 5.35. The summed E-state index contributed by atoms with van der Waals surface area (Å²) in [6.07, 6.45) is 0.316. The minimum atomic E-state index is -0.356. The van der Waals surface area contributed by atoms with Crippen molar-refractivity contribution in [2.75, 3.05) is 13.2 Å². The van der Waals surface area contributed by atoms with E-state index in [1.54, 1.807) is 0 Å². The fourth-order valence-corrected chi connectivity index (χ4v) is 2.45. The van der Waals surface area contributed by atoms with Crippen LogP contribution in [0.25, 0.3) is 0 Å². The van der Waals surface area contributed by atoms with E-state index >= 15 is 0 Å². The van der Waals surface area contributed by atoms with Crippen LogP contribution in [0.5, 0.6) is 0 Å². The maximum atomic E-state index is 9.82. The average molecular weight is 290 g/mol. The Morgan fingerprint density at radius 1 is 1.44 bits per heavy atom. The molecule has 2 rings (SSSR count). The Hall–Kier alpha value is -0.320. The number of rotatable bonds is 3. The summed E-state index contributed by atoms with van der Waals surface area (Å²) >= 11 is 12.2. The summed E-state index contributed by atoms with van der Waals surface area (Å²) in [6.45, 7) is 3.65. The number of benzene rings is 1. The molecule has 1 heterocycles. The van der Waals surface area contributed by atoms with E-state index in [1.165, 1.54) is 0 Å². The largest absolute Gasteiger partial charge is 0.391 e. The number of hydrogen-bond acceptors (Lipinski definition) is 3. The molecule has 1 fully saturated rings. The standard InChI is InChI=1S/C13H17Cl2NO2/c1-8-10(14)3-2-9(13(8)15)6-16-11-7-18-5-4-12(11)17/h2-3,11-12,16-17H,4-7H2,1H3/t11-,12-/m1/s1. The molecule has 0 aromatic heterocycles. The van der Waals surface area contributed by atoms with Gasteiger partial charge in [-0.2, -0.15) is 0 Å². The minimum Gasteiger partial charge on any atom is -0.391 e. The lowest BCUT2D eigenvalue weighted by molar-refractivity contribution is -0.0159. The number of aliphatic hydroxyl groups excluding tert-OH is 1. The van der Waals surface area contributed by atoms with Crippen molar-refractivity contribution in [1.82, 2.24) is 5.32 Å². The van der Waals surface area contributed by atoms with Gasteiger partial charge in [0.2, 0.25) is 0 Å².